The van der Waals surface area contributed by atoms with Gasteiger partial charge in [-0.3, -0.25) is 4.79 Å². The van der Waals surface area contributed by atoms with E-state index in [1.54, 1.807) is 0 Å². The SMILES string of the molecule is Cc1cccc(C(C)(C)C)c1NC(=O)NCCCC(=O)OC(C)(C)C. The molecule has 0 aliphatic rings. The minimum absolute atomic E-state index is 0.0641. The molecule has 140 valence electrons. The molecular formula is C20H32N2O3. The van der Waals surface area contributed by atoms with Gasteiger partial charge in [0.15, 0.2) is 0 Å². The third kappa shape index (κ3) is 7.59. The molecule has 1 aromatic rings. The fourth-order valence-corrected chi connectivity index (χ4v) is 2.44. The predicted molar refractivity (Wildman–Crippen MR) is 102 cm³/mol. The first-order valence-corrected chi connectivity index (χ1v) is 8.77. The van der Waals surface area contributed by atoms with E-state index in [2.05, 4.69) is 31.4 Å². The number of para-hydroxylation sites is 1. The quantitative estimate of drug-likeness (QED) is 0.606. The summed E-state index contributed by atoms with van der Waals surface area (Å²) in [6.07, 6.45) is 0.831. The van der Waals surface area contributed by atoms with E-state index in [0.29, 0.717) is 13.0 Å². The zero-order valence-electron chi connectivity index (χ0n) is 16.6. The lowest BCUT2D eigenvalue weighted by atomic mass is 9.84. The van der Waals surface area contributed by atoms with E-state index < -0.39 is 5.60 Å². The molecule has 0 saturated heterocycles. The number of amides is 2. The fourth-order valence-electron chi connectivity index (χ4n) is 2.44. The summed E-state index contributed by atoms with van der Waals surface area (Å²) in [7, 11) is 0. The Bertz CT molecular complexity index is 610. The topological polar surface area (TPSA) is 67.4 Å². The van der Waals surface area contributed by atoms with Crippen molar-refractivity contribution in [2.24, 2.45) is 0 Å². The van der Waals surface area contributed by atoms with Gasteiger partial charge in [0.25, 0.3) is 0 Å². The lowest BCUT2D eigenvalue weighted by Crippen LogP contribution is -2.31. The number of ether oxygens (including phenoxy) is 1. The van der Waals surface area contributed by atoms with Crippen molar-refractivity contribution in [3.8, 4) is 0 Å². The van der Waals surface area contributed by atoms with Crippen LogP contribution in [-0.4, -0.2) is 24.1 Å². The molecule has 0 atom stereocenters. The lowest BCUT2D eigenvalue weighted by molar-refractivity contribution is -0.154. The Balaban J connectivity index is 2.52. The molecule has 2 amide bonds. The van der Waals surface area contributed by atoms with E-state index in [1.165, 1.54) is 0 Å². The molecule has 0 unspecified atom stereocenters. The van der Waals surface area contributed by atoms with Gasteiger partial charge < -0.3 is 15.4 Å². The number of hydrogen-bond donors (Lipinski definition) is 2. The number of anilines is 1. The highest BCUT2D eigenvalue weighted by molar-refractivity contribution is 5.91. The molecule has 0 heterocycles. The smallest absolute Gasteiger partial charge is 0.319 e. The Morgan fingerprint density at radius 3 is 2.28 bits per heavy atom. The molecule has 2 N–H and O–H groups in total. The van der Waals surface area contributed by atoms with Gasteiger partial charge in [-0.25, -0.2) is 4.79 Å². The standard InChI is InChI=1S/C20H32N2O3/c1-14-10-8-11-15(19(2,3)4)17(14)22-18(24)21-13-9-12-16(23)25-20(5,6)7/h8,10-11H,9,12-13H2,1-7H3,(H2,21,22,24). The summed E-state index contributed by atoms with van der Waals surface area (Å²) in [4.78, 5) is 23.8. The minimum atomic E-state index is -0.476. The van der Waals surface area contributed by atoms with Gasteiger partial charge in [-0.15, -0.1) is 0 Å². The molecule has 5 nitrogen and oxygen atoms in total. The van der Waals surface area contributed by atoms with Crippen LogP contribution >= 0.6 is 0 Å². The Morgan fingerprint density at radius 2 is 1.72 bits per heavy atom. The minimum Gasteiger partial charge on any atom is -0.460 e. The van der Waals surface area contributed by atoms with Gasteiger partial charge in [-0.2, -0.15) is 0 Å². The molecule has 0 aromatic heterocycles. The summed E-state index contributed by atoms with van der Waals surface area (Å²) in [5.41, 5.74) is 2.42. The molecule has 0 bridgehead atoms. The molecule has 0 aliphatic heterocycles. The van der Waals surface area contributed by atoms with Crippen LogP contribution in [0.4, 0.5) is 10.5 Å². The van der Waals surface area contributed by atoms with Gasteiger partial charge in [0.05, 0.1) is 0 Å². The van der Waals surface area contributed by atoms with Crippen molar-refractivity contribution in [2.75, 3.05) is 11.9 Å². The number of rotatable bonds is 5. The summed E-state index contributed by atoms with van der Waals surface area (Å²) in [6.45, 7) is 14.3. The molecule has 0 aliphatic carbocycles. The van der Waals surface area contributed by atoms with Crippen LogP contribution in [0.1, 0.15) is 65.5 Å². The second-order valence-corrected chi connectivity index (χ2v) is 8.32. The molecular weight excluding hydrogens is 316 g/mol. The van der Waals surface area contributed by atoms with E-state index in [1.807, 2.05) is 45.9 Å². The number of esters is 1. The summed E-state index contributed by atoms with van der Waals surface area (Å²) >= 11 is 0. The van der Waals surface area contributed by atoms with Crippen LogP contribution in [0.2, 0.25) is 0 Å². The summed E-state index contributed by atoms with van der Waals surface area (Å²) in [5.74, 6) is -0.247. The van der Waals surface area contributed by atoms with Gasteiger partial charge in [-0.05, 0) is 50.7 Å². The predicted octanol–water partition coefficient (Wildman–Crippen LogP) is 4.54. The zero-order valence-corrected chi connectivity index (χ0v) is 16.6. The Kier molecular flexibility index (Phi) is 7.03. The van der Waals surface area contributed by atoms with Crippen molar-refractivity contribution in [2.45, 2.75) is 72.3 Å². The molecule has 0 radical (unpaired) electrons. The van der Waals surface area contributed by atoms with E-state index in [0.717, 1.165) is 16.8 Å². The average Bonchev–Trinajstić information content (AvgIpc) is 2.42. The van der Waals surface area contributed by atoms with Crippen molar-refractivity contribution >= 4 is 17.7 Å². The van der Waals surface area contributed by atoms with Gasteiger partial charge >= 0.3 is 12.0 Å². The molecule has 0 saturated carbocycles. The number of urea groups is 1. The number of hydrogen-bond acceptors (Lipinski definition) is 3. The first kappa shape index (κ1) is 21.0. The molecule has 25 heavy (non-hydrogen) atoms. The Hall–Kier alpha value is -2.04. The molecule has 0 fully saturated rings. The van der Waals surface area contributed by atoms with Crippen LogP contribution in [0.3, 0.4) is 0 Å². The van der Waals surface area contributed by atoms with E-state index in [4.69, 9.17) is 4.74 Å². The summed E-state index contributed by atoms with van der Waals surface area (Å²) in [5, 5.41) is 5.74. The van der Waals surface area contributed by atoms with Crippen LogP contribution in [0.15, 0.2) is 18.2 Å². The van der Waals surface area contributed by atoms with E-state index in [9.17, 15) is 9.59 Å². The van der Waals surface area contributed by atoms with Crippen molar-refractivity contribution < 1.29 is 14.3 Å². The number of benzene rings is 1. The average molecular weight is 348 g/mol. The first-order valence-electron chi connectivity index (χ1n) is 8.77. The highest BCUT2D eigenvalue weighted by atomic mass is 16.6. The third-order valence-corrected chi connectivity index (χ3v) is 3.58. The largest absolute Gasteiger partial charge is 0.460 e. The highest BCUT2D eigenvalue weighted by Crippen LogP contribution is 2.31. The van der Waals surface area contributed by atoms with Crippen molar-refractivity contribution in [1.29, 1.82) is 0 Å². The number of nitrogens with one attached hydrogen (secondary N) is 2. The van der Waals surface area contributed by atoms with Gasteiger partial charge in [0.1, 0.15) is 5.60 Å². The zero-order chi connectivity index (χ0) is 19.3. The number of carbonyl (C=O) groups is 2. The molecule has 1 aromatic carbocycles. The Morgan fingerprint density at radius 1 is 1.08 bits per heavy atom. The van der Waals surface area contributed by atoms with Crippen molar-refractivity contribution in [3.63, 3.8) is 0 Å². The number of aryl methyl sites for hydroxylation is 1. The van der Waals surface area contributed by atoms with Gasteiger partial charge in [0.2, 0.25) is 0 Å². The molecule has 0 spiro atoms. The third-order valence-electron chi connectivity index (χ3n) is 3.58. The second-order valence-electron chi connectivity index (χ2n) is 8.32. The summed E-state index contributed by atoms with van der Waals surface area (Å²) in [6, 6.07) is 5.75. The van der Waals surface area contributed by atoms with E-state index >= 15 is 0 Å². The number of carbonyl (C=O) groups excluding carboxylic acids is 2. The van der Waals surface area contributed by atoms with Crippen LogP contribution in [0.5, 0.6) is 0 Å². The van der Waals surface area contributed by atoms with Crippen molar-refractivity contribution in [3.05, 3.63) is 29.3 Å². The maximum atomic E-state index is 12.2. The van der Waals surface area contributed by atoms with Crippen LogP contribution in [-0.2, 0) is 14.9 Å². The maximum absolute atomic E-state index is 12.2. The van der Waals surface area contributed by atoms with Crippen LogP contribution in [0, 0.1) is 6.92 Å². The molecule has 1 rings (SSSR count). The second kappa shape index (κ2) is 8.37. The first-order chi connectivity index (χ1) is 11.4. The fraction of sp³-hybridized carbons (Fsp3) is 0.600. The maximum Gasteiger partial charge on any atom is 0.319 e. The van der Waals surface area contributed by atoms with Gasteiger partial charge in [0, 0.05) is 18.7 Å². The van der Waals surface area contributed by atoms with Crippen LogP contribution < -0.4 is 10.6 Å². The van der Waals surface area contributed by atoms with Crippen LogP contribution in [0.25, 0.3) is 0 Å². The normalized spacial score (nSPS) is 11.8. The Labute approximate surface area is 151 Å². The lowest BCUT2D eigenvalue weighted by Gasteiger charge is -2.24. The van der Waals surface area contributed by atoms with Crippen molar-refractivity contribution in [1.82, 2.24) is 5.32 Å². The molecule has 5 heteroatoms. The highest BCUT2D eigenvalue weighted by Gasteiger charge is 2.20. The van der Waals surface area contributed by atoms with E-state index in [-0.39, 0.29) is 23.8 Å². The summed E-state index contributed by atoms with van der Waals surface area (Å²) < 4.78 is 5.24. The monoisotopic (exact) mass is 348 g/mol. The van der Waals surface area contributed by atoms with Gasteiger partial charge in [-0.1, -0.05) is 39.0 Å².